The lowest BCUT2D eigenvalue weighted by molar-refractivity contribution is 0.0724. The maximum atomic E-state index is 12.1. The largest absolute Gasteiger partial charge is 0.339 e. The van der Waals surface area contributed by atoms with E-state index in [1.807, 2.05) is 4.90 Å². The topological polar surface area (TPSA) is 44.1 Å². The second-order valence-corrected chi connectivity index (χ2v) is 4.05. The average molecular weight is 214 g/mol. The van der Waals surface area contributed by atoms with Crippen LogP contribution in [0.1, 0.15) is 35.2 Å². The van der Waals surface area contributed by atoms with Crippen molar-refractivity contribution in [3.63, 3.8) is 0 Å². The molecule has 82 valence electrons. The van der Waals surface area contributed by atoms with E-state index in [0.29, 0.717) is 11.1 Å². The number of benzene rings is 1. The number of hydrogen-bond donors (Lipinski definition) is 0. The number of likely N-dealkylation sites (tertiary alicyclic amines) is 1. The van der Waals surface area contributed by atoms with Gasteiger partial charge in [-0.15, -0.1) is 0 Å². The van der Waals surface area contributed by atoms with E-state index in [9.17, 15) is 4.79 Å². The molecule has 1 aliphatic heterocycles. The molecule has 1 fully saturated rings. The van der Waals surface area contributed by atoms with E-state index in [1.54, 1.807) is 24.3 Å². The van der Waals surface area contributed by atoms with Crippen molar-refractivity contribution in [2.75, 3.05) is 13.1 Å². The Morgan fingerprint density at radius 2 is 2.00 bits per heavy atom. The van der Waals surface area contributed by atoms with Gasteiger partial charge in [-0.1, -0.05) is 6.07 Å². The molecule has 0 spiro atoms. The van der Waals surface area contributed by atoms with Crippen LogP contribution in [0.15, 0.2) is 24.3 Å². The minimum absolute atomic E-state index is 0.0526. The van der Waals surface area contributed by atoms with Gasteiger partial charge in [-0.05, 0) is 37.5 Å². The van der Waals surface area contributed by atoms with Crippen LogP contribution in [-0.2, 0) is 0 Å². The van der Waals surface area contributed by atoms with Gasteiger partial charge >= 0.3 is 0 Å². The van der Waals surface area contributed by atoms with E-state index >= 15 is 0 Å². The molecule has 0 aliphatic carbocycles. The highest BCUT2D eigenvalue weighted by Gasteiger charge is 2.17. The van der Waals surface area contributed by atoms with Crippen molar-refractivity contribution in [2.24, 2.45) is 0 Å². The van der Waals surface area contributed by atoms with Crippen molar-refractivity contribution in [1.29, 1.82) is 5.26 Å². The normalized spacial score (nSPS) is 15.6. The first-order chi connectivity index (χ1) is 7.81. The molecule has 1 heterocycles. The van der Waals surface area contributed by atoms with Gasteiger partial charge in [0.25, 0.3) is 5.91 Å². The van der Waals surface area contributed by atoms with Crippen molar-refractivity contribution < 1.29 is 4.79 Å². The Kier molecular flexibility index (Phi) is 3.21. The lowest BCUT2D eigenvalue weighted by atomic mass is 10.1. The molecule has 0 unspecified atom stereocenters. The fourth-order valence-electron chi connectivity index (χ4n) is 2.00. The molecule has 0 aromatic heterocycles. The molecule has 1 aromatic rings. The summed E-state index contributed by atoms with van der Waals surface area (Å²) in [6, 6.07) is 8.97. The van der Waals surface area contributed by atoms with Gasteiger partial charge in [0.05, 0.1) is 11.6 Å². The molecule has 2 rings (SSSR count). The van der Waals surface area contributed by atoms with Gasteiger partial charge in [-0.25, -0.2) is 0 Å². The fraction of sp³-hybridized carbons (Fsp3) is 0.385. The lowest BCUT2D eigenvalue weighted by Gasteiger charge is -2.26. The summed E-state index contributed by atoms with van der Waals surface area (Å²) in [5.74, 6) is 0.0526. The van der Waals surface area contributed by atoms with Gasteiger partial charge in [0.15, 0.2) is 0 Å². The van der Waals surface area contributed by atoms with Gasteiger partial charge in [-0.2, -0.15) is 5.26 Å². The summed E-state index contributed by atoms with van der Waals surface area (Å²) in [6.45, 7) is 1.69. The van der Waals surface area contributed by atoms with Crippen LogP contribution in [0.3, 0.4) is 0 Å². The van der Waals surface area contributed by atoms with Gasteiger partial charge in [0.1, 0.15) is 0 Å². The van der Waals surface area contributed by atoms with Crippen molar-refractivity contribution in [2.45, 2.75) is 19.3 Å². The number of carbonyl (C=O) groups is 1. The van der Waals surface area contributed by atoms with Crippen LogP contribution in [0.5, 0.6) is 0 Å². The number of hydrogen-bond acceptors (Lipinski definition) is 2. The van der Waals surface area contributed by atoms with E-state index in [-0.39, 0.29) is 5.91 Å². The average Bonchev–Trinajstić information content (AvgIpc) is 2.39. The summed E-state index contributed by atoms with van der Waals surface area (Å²) in [6.07, 6.45) is 3.38. The third-order valence-electron chi connectivity index (χ3n) is 2.88. The van der Waals surface area contributed by atoms with Crippen molar-refractivity contribution in [1.82, 2.24) is 4.90 Å². The molecule has 1 saturated heterocycles. The summed E-state index contributed by atoms with van der Waals surface area (Å²) in [5.41, 5.74) is 1.17. The Bertz CT molecular complexity index is 428. The minimum atomic E-state index is 0.0526. The smallest absolute Gasteiger partial charge is 0.253 e. The maximum Gasteiger partial charge on any atom is 0.253 e. The van der Waals surface area contributed by atoms with E-state index in [4.69, 9.17) is 5.26 Å². The molecule has 0 radical (unpaired) electrons. The second kappa shape index (κ2) is 4.80. The van der Waals surface area contributed by atoms with E-state index < -0.39 is 0 Å². The highest BCUT2D eigenvalue weighted by Crippen LogP contribution is 2.13. The first-order valence-corrected chi connectivity index (χ1v) is 5.61. The Hall–Kier alpha value is -1.82. The third kappa shape index (κ3) is 2.22. The van der Waals surface area contributed by atoms with Crippen molar-refractivity contribution >= 4 is 5.91 Å². The zero-order valence-electron chi connectivity index (χ0n) is 9.15. The Labute approximate surface area is 95.3 Å². The molecule has 0 saturated carbocycles. The van der Waals surface area contributed by atoms with Crippen LogP contribution in [0.2, 0.25) is 0 Å². The minimum Gasteiger partial charge on any atom is -0.339 e. The molecule has 16 heavy (non-hydrogen) atoms. The van der Waals surface area contributed by atoms with E-state index in [2.05, 4.69) is 6.07 Å². The Morgan fingerprint density at radius 1 is 1.25 bits per heavy atom. The predicted octanol–water partition coefficient (Wildman–Crippen LogP) is 2.18. The van der Waals surface area contributed by atoms with Crippen LogP contribution in [0, 0.1) is 11.3 Å². The van der Waals surface area contributed by atoms with Crippen LogP contribution < -0.4 is 0 Å². The molecule has 3 nitrogen and oxygen atoms in total. The quantitative estimate of drug-likeness (QED) is 0.719. The second-order valence-electron chi connectivity index (χ2n) is 4.05. The molecule has 1 aliphatic rings. The summed E-state index contributed by atoms with van der Waals surface area (Å²) in [5, 5.41) is 8.78. The number of amides is 1. The molecular formula is C13H14N2O. The zero-order valence-corrected chi connectivity index (χ0v) is 9.15. The van der Waals surface area contributed by atoms with Gasteiger partial charge in [0.2, 0.25) is 0 Å². The van der Waals surface area contributed by atoms with E-state index in [0.717, 1.165) is 25.9 Å². The summed E-state index contributed by atoms with van der Waals surface area (Å²) < 4.78 is 0. The molecule has 1 amide bonds. The maximum absolute atomic E-state index is 12.1. The summed E-state index contributed by atoms with van der Waals surface area (Å²) in [4.78, 5) is 14.0. The summed E-state index contributed by atoms with van der Waals surface area (Å²) in [7, 11) is 0. The van der Waals surface area contributed by atoms with Crippen LogP contribution >= 0.6 is 0 Å². The Morgan fingerprint density at radius 3 is 2.69 bits per heavy atom. The standard InChI is InChI=1S/C13H14N2O/c14-10-11-5-4-6-12(9-11)13(16)15-7-2-1-3-8-15/h4-6,9H,1-3,7-8H2. The molecule has 0 N–H and O–H groups in total. The lowest BCUT2D eigenvalue weighted by Crippen LogP contribution is -2.35. The van der Waals surface area contributed by atoms with Crippen molar-refractivity contribution in [3.05, 3.63) is 35.4 Å². The van der Waals surface area contributed by atoms with Gasteiger partial charge in [-0.3, -0.25) is 4.79 Å². The molecule has 1 aromatic carbocycles. The molecular weight excluding hydrogens is 200 g/mol. The SMILES string of the molecule is N#Cc1cccc(C(=O)N2CCCCC2)c1. The van der Waals surface area contributed by atoms with E-state index in [1.165, 1.54) is 6.42 Å². The van der Waals surface area contributed by atoms with Crippen molar-refractivity contribution in [3.8, 4) is 6.07 Å². The first-order valence-electron chi connectivity index (χ1n) is 5.61. The third-order valence-corrected chi connectivity index (χ3v) is 2.88. The Balaban J connectivity index is 2.16. The number of carbonyl (C=O) groups excluding carboxylic acids is 1. The highest BCUT2D eigenvalue weighted by atomic mass is 16.2. The van der Waals surface area contributed by atoms with Gasteiger partial charge in [0, 0.05) is 18.7 Å². The molecule has 3 heteroatoms. The van der Waals surface area contributed by atoms with Crippen LogP contribution in [0.25, 0.3) is 0 Å². The number of piperidine rings is 1. The van der Waals surface area contributed by atoms with Crippen LogP contribution in [0.4, 0.5) is 0 Å². The first kappa shape index (κ1) is 10.7. The predicted molar refractivity (Wildman–Crippen MR) is 60.9 cm³/mol. The fourth-order valence-corrected chi connectivity index (χ4v) is 2.00. The number of rotatable bonds is 1. The molecule has 0 bridgehead atoms. The zero-order chi connectivity index (χ0) is 11.4. The van der Waals surface area contributed by atoms with Gasteiger partial charge < -0.3 is 4.90 Å². The summed E-state index contributed by atoms with van der Waals surface area (Å²) >= 11 is 0. The number of nitrogens with zero attached hydrogens (tertiary/aromatic N) is 2. The monoisotopic (exact) mass is 214 g/mol. The van der Waals surface area contributed by atoms with Crippen LogP contribution in [-0.4, -0.2) is 23.9 Å². The highest BCUT2D eigenvalue weighted by molar-refractivity contribution is 5.94. The number of nitriles is 1. The molecule has 0 atom stereocenters.